The summed E-state index contributed by atoms with van der Waals surface area (Å²) in [5, 5.41) is 5.09. The molecular weight excluding hydrogens is 272 g/mol. The smallest absolute Gasteiger partial charge is 0.243 e. The lowest BCUT2D eigenvalue weighted by Crippen LogP contribution is -2.06. The fraction of sp³-hybridized carbons (Fsp3) is 0.267. The van der Waals surface area contributed by atoms with Gasteiger partial charge in [0.1, 0.15) is 0 Å². The van der Waals surface area contributed by atoms with Crippen LogP contribution in [-0.4, -0.2) is 15.7 Å². The molecule has 2 rings (SSSR count). The molecule has 1 N–H and O–H groups in total. The van der Waals surface area contributed by atoms with Crippen molar-refractivity contribution in [1.29, 1.82) is 0 Å². The molecule has 0 bridgehead atoms. The van der Waals surface area contributed by atoms with Gasteiger partial charge in [-0.3, -0.25) is 0 Å². The van der Waals surface area contributed by atoms with E-state index in [1.54, 1.807) is 0 Å². The Bertz CT molecular complexity index is 617. The second-order valence-corrected chi connectivity index (χ2v) is 4.94. The first-order valence-corrected chi connectivity index (χ1v) is 6.87. The van der Waals surface area contributed by atoms with Crippen LogP contribution in [0, 0.1) is 13.8 Å². The quantitative estimate of drug-likeness (QED) is 0.684. The zero-order chi connectivity index (χ0) is 14.5. The summed E-state index contributed by atoms with van der Waals surface area (Å²) < 4.78 is 0. The summed E-state index contributed by atoms with van der Waals surface area (Å²) in [6.45, 7) is 5.91. The maximum Gasteiger partial charge on any atom is 0.243 e. The molecule has 0 aliphatic heterocycles. The highest BCUT2D eigenvalue weighted by molar-refractivity contribution is 6.31. The van der Waals surface area contributed by atoms with Gasteiger partial charge in [0.15, 0.2) is 0 Å². The lowest BCUT2D eigenvalue weighted by atomic mass is 10.1. The standard InChI is InChI=1S/C15H17ClN4/c1-4-14(12-6-5-7-13(16)9-12)19-20-15-17-10(2)8-11(3)18-15/h5-9H,4H2,1-3H3,(H,17,18,20)/b19-14+. The van der Waals surface area contributed by atoms with Crippen LogP contribution in [0.3, 0.4) is 0 Å². The van der Waals surface area contributed by atoms with Crippen LogP contribution in [0.2, 0.25) is 5.02 Å². The van der Waals surface area contributed by atoms with E-state index in [0.29, 0.717) is 11.0 Å². The second-order valence-electron chi connectivity index (χ2n) is 4.51. The van der Waals surface area contributed by atoms with E-state index in [9.17, 15) is 0 Å². The molecule has 1 aromatic carbocycles. The molecule has 0 radical (unpaired) electrons. The molecule has 1 aromatic heterocycles. The minimum absolute atomic E-state index is 0.510. The predicted octanol–water partition coefficient (Wildman–Crippen LogP) is 3.97. The second kappa shape index (κ2) is 6.48. The highest BCUT2D eigenvalue weighted by Gasteiger charge is 2.03. The predicted molar refractivity (Wildman–Crippen MR) is 83.4 cm³/mol. The Kier molecular flexibility index (Phi) is 4.69. The van der Waals surface area contributed by atoms with E-state index in [-0.39, 0.29) is 0 Å². The summed E-state index contributed by atoms with van der Waals surface area (Å²) in [5.74, 6) is 0.510. The van der Waals surface area contributed by atoms with Crippen LogP contribution in [0.1, 0.15) is 30.3 Å². The lowest BCUT2D eigenvalue weighted by molar-refractivity contribution is 1.03. The van der Waals surface area contributed by atoms with E-state index in [1.165, 1.54) is 0 Å². The fourth-order valence-corrected chi connectivity index (χ4v) is 2.10. The number of aryl methyl sites for hydroxylation is 2. The largest absolute Gasteiger partial charge is 0.245 e. The van der Waals surface area contributed by atoms with E-state index in [2.05, 4.69) is 20.5 Å². The Morgan fingerprint density at radius 3 is 2.50 bits per heavy atom. The molecule has 0 atom stereocenters. The van der Waals surface area contributed by atoms with Gasteiger partial charge in [0.2, 0.25) is 5.95 Å². The first-order valence-electron chi connectivity index (χ1n) is 6.49. The normalized spacial score (nSPS) is 11.5. The highest BCUT2D eigenvalue weighted by atomic mass is 35.5. The number of nitrogens with one attached hydrogen (secondary N) is 1. The molecule has 4 nitrogen and oxygen atoms in total. The van der Waals surface area contributed by atoms with Crippen molar-refractivity contribution >= 4 is 23.3 Å². The average Bonchev–Trinajstić information content (AvgIpc) is 2.38. The van der Waals surface area contributed by atoms with Gasteiger partial charge in [0.05, 0.1) is 5.71 Å². The maximum absolute atomic E-state index is 6.00. The molecule has 2 aromatic rings. The maximum atomic E-state index is 6.00. The third kappa shape index (κ3) is 3.78. The zero-order valence-electron chi connectivity index (χ0n) is 11.8. The first-order chi connectivity index (χ1) is 9.58. The summed E-state index contributed by atoms with van der Waals surface area (Å²) in [6, 6.07) is 9.56. The van der Waals surface area contributed by atoms with E-state index in [1.807, 2.05) is 51.1 Å². The number of halogens is 1. The number of hydrogen-bond donors (Lipinski definition) is 1. The number of anilines is 1. The number of rotatable bonds is 4. The van der Waals surface area contributed by atoms with Crippen LogP contribution >= 0.6 is 11.6 Å². The van der Waals surface area contributed by atoms with E-state index >= 15 is 0 Å². The van der Waals surface area contributed by atoms with Crippen molar-refractivity contribution in [2.45, 2.75) is 27.2 Å². The summed E-state index contributed by atoms with van der Waals surface area (Å²) in [7, 11) is 0. The van der Waals surface area contributed by atoms with Crippen molar-refractivity contribution in [3.8, 4) is 0 Å². The molecule has 0 amide bonds. The van der Waals surface area contributed by atoms with Crippen molar-refractivity contribution in [1.82, 2.24) is 9.97 Å². The van der Waals surface area contributed by atoms with Gasteiger partial charge < -0.3 is 0 Å². The van der Waals surface area contributed by atoms with E-state index in [4.69, 9.17) is 11.6 Å². The minimum Gasteiger partial charge on any atom is -0.245 e. The third-order valence-corrected chi connectivity index (χ3v) is 3.00. The molecule has 0 saturated carbocycles. The minimum atomic E-state index is 0.510. The van der Waals surface area contributed by atoms with Crippen LogP contribution in [0.15, 0.2) is 35.4 Å². The molecule has 5 heteroatoms. The SMILES string of the molecule is CC/C(=N\Nc1nc(C)cc(C)n1)c1cccc(Cl)c1. The Morgan fingerprint density at radius 1 is 1.20 bits per heavy atom. The number of hydrogen-bond acceptors (Lipinski definition) is 4. The summed E-state index contributed by atoms with van der Waals surface area (Å²) in [4.78, 5) is 8.59. The molecule has 1 heterocycles. The average molecular weight is 289 g/mol. The van der Waals surface area contributed by atoms with Gasteiger partial charge in [0.25, 0.3) is 0 Å². The molecule has 0 saturated heterocycles. The molecule has 0 spiro atoms. The summed E-state index contributed by atoms with van der Waals surface area (Å²) in [6.07, 6.45) is 0.790. The van der Waals surface area contributed by atoms with Gasteiger partial charge in [-0.25, -0.2) is 15.4 Å². The molecule has 0 aliphatic rings. The molecule has 104 valence electrons. The van der Waals surface area contributed by atoms with Gasteiger partial charge >= 0.3 is 0 Å². The van der Waals surface area contributed by atoms with Crippen LogP contribution in [0.25, 0.3) is 0 Å². The molecule has 20 heavy (non-hydrogen) atoms. The molecule has 0 aliphatic carbocycles. The zero-order valence-corrected chi connectivity index (χ0v) is 12.6. The van der Waals surface area contributed by atoms with Crippen molar-refractivity contribution in [3.05, 3.63) is 52.3 Å². The topological polar surface area (TPSA) is 50.2 Å². The van der Waals surface area contributed by atoms with Gasteiger partial charge in [-0.15, -0.1) is 0 Å². The van der Waals surface area contributed by atoms with E-state index < -0.39 is 0 Å². The van der Waals surface area contributed by atoms with Crippen LogP contribution in [-0.2, 0) is 0 Å². The van der Waals surface area contributed by atoms with Gasteiger partial charge in [0, 0.05) is 16.4 Å². The third-order valence-electron chi connectivity index (χ3n) is 2.77. The van der Waals surface area contributed by atoms with Crippen LogP contribution < -0.4 is 5.43 Å². The van der Waals surface area contributed by atoms with E-state index in [0.717, 1.165) is 29.1 Å². The number of nitrogens with zero attached hydrogens (tertiary/aromatic N) is 3. The Hall–Kier alpha value is -1.94. The van der Waals surface area contributed by atoms with Crippen LogP contribution in [0.5, 0.6) is 0 Å². The Morgan fingerprint density at radius 2 is 1.90 bits per heavy atom. The van der Waals surface area contributed by atoms with Crippen LogP contribution in [0.4, 0.5) is 5.95 Å². The van der Waals surface area contributed by atoms with Crippen molar-refractivity contribution in [2.75, 3.05) is 5.43 Å². The molecule has 0 unspecified atom stereocenters. The summed E-state index contributed by atoms with van der Waals surface area (Å²) >= 11 is 6.00. The Labute approximate surface area is 123 Å². The van der Waals surface area contributed by atoms with Crippen molar-refractivity contribution < 1.29 is 0 Å². The number of aromatic nitrogens is 2. The fourth-order valence-electron chi connectivity index (χ4n) is 1.91. The highest BCUT2D eigenvalue weighted by Crippen LogP contribution is 2.13. The van der Waals surface area contributed by atoms with Gasteiger partial charge in [-0.2, -0.15) is 5.10 Å². The van der Waals surface area contributed by atoms with Crippen molar-refractivity contribution in [3.63, 3.8) is 0 Å². The number of hydrazone groups is 1. The molecule has 0 fully saturated rings. The van der Waals surface area contributed by atoms with Crippen molar-refractivity contribution in [2.24, 2.45) is 5.10 Å². The monoisotopic (exact) mass is 288 g/mol. The number of benzene rings is 1. The van der Waals surface area contributed by atoms with Gasteiger partial charge in [-0.05, 0) is 44.0 Å². The van der Waals surface area contributed by atoms with Gasteiger partial charge in [-0.1, -0.05) is 30.7 Å². The summed E-state index contributed by atoms with van der Waals surface area (Å²) in [5.41, 5.74) is 6.65. The lowest BCUT2D eigenvalue weighted by Gasteiger charge is -2.06. The molecular formula is C15H17ClN4. The Balaban J connectivity index is 2.23. The first kappa shape index (κ1) is 14.5.